The molecule has 0 aliphatic rings. The standard InChI is InChI=1S/C28H30Cl2FN3O4S/c1-3-4-16-32-28(36)20(2)33(18-21-10-8-9-13-24(21)29)27(35)19-34(22-14-15-26(31)25(30)17-22)39(37,38)23-11-6-5-7-12-23/h5-15,17,20H,3-4,16,18-19H2,1-2H3,(H,32,36). The van der Waals surface area contributed by atoms with Gasteiger partial charge in [0.1, 0.15) is 18.4 Å². The highest BCUT2D eigenvalue weighted by Gasteiger charge is 2.33. The van der Waals surface area contributed by atoms with Crippen molar-refractivity contribution in [2.24, 2.45) is 0 Å². The van der Waals surface area contributed by atoms with E-state index in [-0.39, 0.29) is 28.1 Å². The third kappa shape index (κ3) is 7.71. The summed E-state index contributed by atoms with van der Waals surface area (Å²) >= 11 is 12.3. The summed E-state index contributed by atoms with van der Waals surface area (Å²) in [7, 11) is -4.28. The van der Waals surface area contributed by atoms with Crippen molar-refractivity contribution in [1.82, 2.24) is 10.2 Å². The number of unbranched alkanes of at least 4 members (excludes halogenated alkanes) is 1. The Hall–Kier alpha value is -3.14. The van der Waals surface area contributed by atoms with Crippen LogP contribution in [0.4, 0.5) is 10.1 Å². The van der Waals surface area contributed by atoms with Crippen LogP contribution < -0.4 is 9.62 Å². The van der Waals surface area contributed by atoms with E-state index in [1.807, 2.05) is 6.92 Å². The fourth-order valence-corrected chi connectivity index (χ4v) is 5.61. The van der Waals surface area contributed by atoms with Crippen LogP contribution in [-0.4, -0.2) is 44.3 Å². The van der Waals surface area contributed by atoms with Gasteiger partial charge in [0.2, 0.25) is 11.8 Å². The van der Waals surface area contributed by atoms with E-state index in [0.29, 0.717) is 17.1 Å². The molecule has 0 heterocycles. The van der Waals surface area contributed by atoms with Crippen molar-refractivity contribution >= 4 is 50.7 Å². The fraction of sp³-hybridized carbons (Fsp3) is 0.286. The van der Waals surface area contributed by atoms with Crippen LogP contribution in [0.2, 0.25) is 10.0 Å². The normalized spacial score (nSPS) is 12.0. The van der Waals surface area contributed by atoms with Gasteiger partial charge in [0.25, 0.3) is 10.0 Å². The van der Waals surface area contributed by atoms with Crippen molar-refractivity contribution in [1.29, 1.82) is 0 Å². The number of rotatable bonds is 12. The largest absolute Gasteiger partial charge is 0.354 e. The predicted octanol–water partition coefficient (Wildman–Crippen LogP) is 5.66. The van der Waals surface area contributed by atoms with Gasteiger partial charge < -0.3 is 10.2 Å². The third-order valence-corrected chi connectivity index (χ3v) is 8.54. The number of benzene rings is 3. The molecule has 0 saturated carbocycles. The number of hydrogen-bond donors (Lipinski definition) is 1. The average Bonchev–Trinajstić information content (AvgIpc) is 2.92. The van der Waals surface area contributed by atoms with E-state index >= 15 is 0 Å². The molecule has 7 nitrogen and oxygen atoms in total. The molecule has 0 aliphatic heterocycles. The van der Waals surface area contributed by atoms with Crippen LogP contribution in [0.15, 0.2) is 77.7 Å². The number of carbonyl (C=O) groups excluding carboxylic acids is 2. The molecule has 0 aliphatic carbocycles. The molecule has 0 fully saturated rings. The lowest BCUT2D eigenvalue weighted by Gasteiger charge is -2.32. The molecule has 0 bridgehead atoms. The molecule has 0 saturated heterocycles. The Bertz CT molecular complexity index is 1410. The van der Waals surface area contributed by atoms with Crippen LogP contribution in [0.3, 0.4) is 0 Å². The maximum atomic E-state index is 13.9. The molecule has 0 aromatic heterocycles. The maximum Gasteiger partial charge on any atom is 0.264 e. The van der Waals surface area contributed by atoms with Crippen LogP contribution in [-0.2, 0) is 26.2 Å². The molecule has 208 valence electrons. The molecular formula is C28H30Cl2FN3O4S. The first-order valence-corrected chi connectivity index (χ1v) is 14.6. The SMILES string of the molecule is CCCCNC(=O)C(C)N(Cc1ccccc1Cl)C(=O)CN(c1ccc(F)c(Cl)c1)S(=O)(=O)c1ccccc1. The molecule has 1 unspecified atom stereocenters. The summed E-state index contributed by atoms with van der Waals surface area (Å²) in [6, 6.07) is 16.9. The van der Waals surface area contributed by atoms with E-state index in [1.54, 1.807) is 49.4 Å². The Morgan fingerprint density at radius 2 is 1.64 bits per heavy atom. The summed E-state index contributed by atoms with van der Waals surface area (Å²) in [4.78, 5) is 28.0. The first kappa shape index (κ1) is 30.4. The van der Waals surface area contributed by atoms with Gasteiger partial charge in [-0.3, -0.25) is 13.9 Å². The third-order valence-electron chi connectivity index (χ3n) is 6.10. The number of sulfonamides is 1. The highest BCUT2D eigenvalue weighted by atomic mass is 35.5. The van der Waals surface area contributed by atoms with Crippen molar-refractivity contribution in [3.05, 3.63) is 94.2 Å². The molecule has 0 spiro atoms. The minimum Gasteiger partial charge on any atom is -0.354 e. The molecule has 39 heavy (non-hydrogen) atoms. The van der Waals surface area contributed by atoms with Gasteiger partial charge in [-0.05, 0) is 55.3 Å². The minimum atomic E-state index is -4.28. The van der Waals surface area contributed by atoms with Crippen LogP contribution in [0.5, 0.6) is 0 Å². The zero-order chi connectivity index (χ0) is 28.6. The first-order chi connectivity index (χ1) is 18.6. The van der Waals surface area contributed by atoms with Crippen molar-refractivity contribution in [3.8, 4) is 0 Å². The van der Waals surface area contributed by atoms with Gasteiger partial charge in [-0.15, -0.1) is 0 Å². The summed E-state index contributed by atoms with van der Waals surface area (Å²) in [5.74, 6) is -1.78. The Balaban J connectivity index is 2.02. The molecule has 1 atom stereocenters. The monoisotopic (exact) mass is 593 g/mol. The summed E-state index contributed by atoms with van der Waals surface area (Å²) in [5.41, 5.74) is 0.583. The van der Waals surface area contributed by atoms with Crippen LogP contribution in [0, 0.1) is 5.82 Å². The van der Waals surface area contributed by atoms with Gasteiger partial charge >= 0.3 is 0 Å². The number of nitrogens with one attached hydrogen (secondary N) is 1. The highest BCUT2D eigenvalue weighted by Crippen LogP contribution is 2.28. The molecule has 3 aromatic rings. The fourth-order valence-electron chi connectivity index (χ4n) is 3.82. The summed E-state index contributed by atoms with van der Waals surface area (Å²) in [6.07, 6.45) is 1.65. The zero-order valence-electron chi connectivity index (χ0n) is 21.6. The Morgan fingerprint density at radius 1 is 0.974 bits per heavy atom. The van der Waals surface area contributed by atoms with E-state index in [1.165, 1.54) is 23.1 Å². The minimum absolute atomic E-state index is 0.00338. The summed E-state index contributed by atoms with van der Waals surface area (Å²) < 4.78 is 42.2. The van der Waals surface area contributed by atoms with E-state index in [2.05, 4.69) is 5.32 Å². The molecule has 1 N–H and O–H groups in total. The summed E-state index contributed by atoms with van der Waals surface area (Å²) in [6.45, 7) is 3.30. The van der Waals surface area contributed by atoms with Gasteiger partial charge in [-0.1, -0.05) is 72.9 Å². The van der Waals surface area contributed by atoms with Crippen LogP contribution in [0.25, 0.3) is 0 Å². The van der Waals surface area contributed by atoms with Crippen molar-refractivity contribution in [3.63, 3.8) is 0 Å². The summed E-state index contributed by atoms with van der Waals surface area (Å²) in [5, 5.41) is 2.91. The second kappa shape index (κ2) is 13.8. The molecule has 0 radical (unpaired) electrons. The lowest BCUT2D eigenvalue weighted by Crippen LogP contribution is -2.51. The van der Waals surface area contributed by atoms with Crippen molar-refractivity contribution < 1.29 is 22.4 Å². The highest BCUT2D eigenvalue weighted by molar-refractivity contribution is 7.92. The first-order valence-electron chi connectivity index (χ1n) is 12.4. The topological polar surface area (TPSA) is 86.8 Å². The van der Waals surface area contributed by atoms with E-state index in [9.17, 15) is 22.4 Å². The lowest BCUT2D eigenvalue weighted by atomic mass is 10.1. The van der Waals surface area contributed by atoms with Crippen LogP contribution in [0.1, 0.15) is 32.3 Å². The van der Waals surface area contributed by atoms with Crippen molar-refractivity contribution in [2.75, 3.05) is 17.4 Å². The molecule has 2 amide bonds. The Morgan fingerprint density at radius 3 is 2.28 bits per heavy atom. The second-order valence-electron chi connectivity index (χ2n) is 8.86. The molecule has 3 rings (SSSR count). The number of hydrogen-bond acceptors (Lipinski definition) is 4. The molecule has 3 aromatic carbocycles. The van der Waals surface area contributed by atoms with Gasteiger partial charge in [-0.2, -0.15) is 0 Å². The quantitative estimate of drug-likeness (QED) is 0.274. The van der Waals surface area contributed by atoms with Gasteiger partial charge in [0.15, 0.2) is 0 Å². The number of nitrogens with zero attached hydrogens (tertiary/aromatic N) is 2. The lowest BCUT2D eigenvalue weighted by molar-refractivity contribution is -0.139. The predicted molar refractivity (Wildman–Crippen MR) is 152 cm³/mol. The average molecular weight is 595 g/mol. The molecular weight excluding hydrogens is 564 g/mol. The van der Waals surface area contributed by atoms with Crippen LogP contribution >= 0.6 is 23.2 Å². The van der Waals surface area contributed by atoms with E-state index in [0.717, 1.165) is 29.3 Å². The van der Waals surface area contributed by atoms with Gasteiger partial charge in [-0.25, -0.2) is 12.8 Å². The number of halogens is 3. The number of carbonyl (C=O) groups is 2. The maximum absolute atomic E-state index is 13.9. The van der Waals surface area contributed by atoms with Crippen molar-refractivity contribution in [2.45, 2.75) is 44.2 Å². The van der Waals surface area contributed by atoms with Gasteiger partial charge in [0.05, 0.1) is 15.6 Å². The van der Waals surface area contributed by atoms with E-state index in [4.69, 9.17) is 23.2 Å². The second-order valence-corrected chi connectivity index (χ2v) is 11.5. The van der Waals surface area contributed by atoms with Gasteiger partial charge in [0, 0.05) is 18.1 Å². The van der Waals surface area contributed by atoms with E-state index < -0.39 is 34.3 Å². The molecule has 11 heteroatoms. The zero-order valence-corrected chi connectivity index (χ0v) is 23.9. The number of anilines is 1. The Labute approximate surface area is 238 Å². The smallest absolute Gasteiger partial charge is 0.264 e. The number of amides is 2. The Kier molecular flexibility index (Phi) is 10.7.